The summed E-state index contributed by atoms with van der Waals surface area (Å²) in [6.45, 7) is 0.393. The zero-order valence-electron chi connectivity index (χ0n) is 10.9. The molecule has 0 atom stereocenters. The molecule has 2 aromatic carbocycles. The van der Waals surface area contributed by atoms with Crippen LogP contribution in [0.4, 0.5) is 0 Å². The number of hydrogen-bond acceptors (Lipinski definition) is 4. The van der Waals surface area contributed by atoms with Crippen LogP contribution in [0.25, 0.3) is 0 Å². The number of rotatable bonds is 5. The van der Waals surface area contributed by atoms with Crippen LogP contribution in [-0.2, 0) is 6.61 Å². The summed E-state index contributed by atoms with van der Waals surface area (Å²) in [6.07, 6.45) is 1.32. The van der Waals surface area contributed by atoms with Gasteiger partial charge in [0.15, 0.2) is 11.5 Å². The van der Waals surface area contributed by atoms with Gasteiger partial charge in [-0.25, -0.2) is 0 Å². The number of methoxy groups -OCH3 is 1. The van der Waals surface area contributed by atoms with Crippen LogP contribution in [0, 0.1) is 0 Å². The van der Waals surface area contributed by atoms with Gasteiger partial charge >= 0.3 is 0 Å². The molecule has 0 saturated carbocycles. The predicted octanol–water partition coefficient (Wildman–Crippen LogP) is 3.74. The fourth-order valence-corrected chi connectivity index (χ4v) is 1.95. The summed E-state index contributed by atoms with van der Waals surface area (Å²) in [5.74, 6) is 1.19. The third-order valence-corrected chi connectivity index (χ3v) is 2.91. The Hall–Kier alpha value is -2.20. The minimum absolute atomic E-state index is 0.393. The van der Waals surface area contributed by atoms with E-state index in [1.165, 1.54) is 6.21 Å². The highest BCUT2D eigenvalue weighted by Gasteiger charge is 2.05. The van der Waals surface area contributed by atoms with Gasteiger partial charge in [-0.2, -0.15) is 0 Å². The molecule has 0 aromatic heterocycles. The minimum Gasteiger partial charge on any atom is -0.493 e. The van der Waals surface area contributed by atoms with Crippen molar-refractivity contribution in [2.45, 2.75) is 6.61 Å². The second-order valence-corrected chi connectivity index (χ2v) is 4.51. The molecule has 5 heteroatoms. The molecule has 0 bridgehead atoms. The lowest BCUT2D eigenvalue weighted by Crippen LogP contribution is -1.98. The highest BCUT2D eigenvalue weighted by molar-refractivity contribution is 6.30. The van der Waals surface area contributed by atoms with Gasteiger partial charge in [-0.1, -0.05) is 28.9 Å². The Morgan fingerprint density at radius 2 is 2.05 bits per heavy atom. The van der Waals surface area contributed by atoms with Crippen LogP contribution in [-0.4, -0.2) is 18.5 Å². The summed E-state index contributed by atoms with van der Waals surface area (Å²) in [5, 5.41) is 12.2. The first-order chi connectivity index (χ1) is 9.72. The lowest BCUT2D eigenvalue weighted by molar-refractivity contribution is 0.284. The second-order valence-electron chi connectivity index (χ2n) is 4.07. The van der Waals surface area contributed by atoms with Crippen molar-refractivity contribution in [3.8, 4) is 11.5 Å². The Labute approximate surface area is 122 Å². The SMILES string of the molecule is COc1cc(/C=N\O)ccc1OCc1cccc(Cl)c1. The summed E-state index contributed by atoms with van der Waals surface area (Å²) >= 11 is 5.92. The van der Waals surface area contributed by atoms with Crippen molar-refractivity contribution in [1.82, 2.24) is 0 Å². The Morgan fingerprint density at radius 1 is 1.20 bits per heavy atom. The van der Waals surface area contributed by atoms with E-state index < -0.39 is 0 Å². The van der Waals surface area contributed by atoms with Gasteiger partial charge in [0.25, 0.3) is 0 Å². The molecule has 2 aromatic rings. The van der Waals surface area contributed by atoms with E-state index >= 15 is 0 Å². The van der Waals surface area contributed by atoms with Gasteiger partial charge in [-0.3, -0.25) is 0 Å². The molecular formula is C15H14ClNO3. The van der Waals surface area contributed by atoms with Gasteiger partial charge in [0.2, 0.25) is 0 Å². The van der Waals surface area contributed by atoms with E-state index in [0.29, 0.717) is 23.1 Å². The molecule has 0 fully saturated rings. The Kier molecular flexibility index (Phi) is 4.85. The van der Waals surface area contributed by atoms with E-state index in [2.05, 4.69) is 5.16 Å². The number of oxime groups is 1. The topological polar surface area (TPSA) is 51.0 Å². The second kappa shape index (κ2) is 6.82. The summed E-state index contributed by atoms with van der Waals surface area (Å²) in [6, 6.07) is 12.7. The predicted molar refractivity (Wildman–Crippen MR) is 78.2 cm³/mol. The number of hydrogen-bond donors (Lipinski definition) is 1. The standard InChI is InChI=1S/C15H14ClNO3/c1-19-15-8-11(9-17-18)5-6-14(15)20-10-12-3-2-4-13(16)7-12/h2-9,18H,10H2,1H3/b17-9-. The first-order valence-electron chi connectivity index (χ1n) is 5.95. The van der Waals surface area contributed by atoms with Gasteiger partial charge in [-0.05, 0) is 35.9 Å². The molecule has 0 saturated heterocycles. The van der Waals surface area contributed by atoms with E-state index in [0.717, 1.165) is 11.1 Å². The van der Waals surface area contributed by atoms with Crippen molar-refractivity contribution in [2.75, 3.05) is 7.11 Å². The molecule has 2 rings (SSSR count). The molecule has 20 heavy (non-hydrogen) atoms. The van der Waals surface area contributed by atoms with E-state index in [1.54, 1.807) is 25.3 Å². The normalized spacial score (nSPS) is 10.7. The first kappa shape index (κ1) is 14.2. The van der Waals surface area contributed by atoms with E-state index in [9.17, 15) is 0 Å². The molecule has 104 valence electrons. The number of halogens is 1. The highest BCUT2D eigenvalue weighted by Crippen LogP contribution is 2.28. The summed E-state index contributed by atoms with van der Waals surface area (Å²) in [5.41, 5.74) is 1.69. The summed E-state index contributed by atoms with van der Waals surface area (Å²) in [4.78, 5) is 0. The highest BCUT2D eigenvalue weighted by atomic mass is 35.5. The molecule has 4 nitrogen and oxygen atoms in total. The van der Waals surface area contributed by atoms with E-state index in [1.807, 2.05) is 24.3 Å². The first-order valence-corrected chi connectivity index (χ1v) is 6.33. The molecular weight excluding hydrogens is 278 g/mol. The Morgan fingerprint density at radius 3 is 2.75 bits per heavy atom. The van der Waals surface area contributed by atoms with Gasteiger partial charge in [0.05, 0.1) is 13.3 Å². The smallest absolute Gasteiger partial charge is 0.161 e. The Bertz CT molecular complexity index is 614. The van der Waals surface area contributed by atoms with Crippen LogP contribution in [0.15, 0.2) is 47.6 Å². The van der Waals surface area contributed by atoms with E-state index in [4.69, 9.17) is 26.3 Å². The fourth-order valence-electron chi connectivity index (χ4n) is 1.74. The van der Waals surface area contributed by atoms with Gasteiger partial charge < -0.3 is 14.7 Å². The largest absolute Gasteiger partial charge is 0.493 e. The van der Waals surface area contributed by atoms with Crippen LogP contribution in [0.1, 0.15) is 11.1 Å². The van der Waals surface area contributed by atoms with Crippen molar-refractivity contribution in [1.29, 1.82) is 0 Å². The molecule has 0 amide bonds. The summed E-state index contributed by atoms with van der Waals surface area (Å²) < 4.78 is 11.0. The van der Waals surface area contributed by atoms with Gasteiger partial charge in [0.1, 0.15) is 6.61 Å². The van der Waals surface area contributed by atoms with Crippen molar-refractivity contribution in [2.24, 2.45) is 5.16 Å². The molecule has 0 unspecified atom stereocenters. The van der Waals surface area contributed by atoms with Crippen LogP contribution in [0.5, 0.6) is 11.5 Å². The quantitative estimate of drug-likeness (QED) is 0.519. The lowest BCUT2D eigenvalue weighted by atomic mass is 10.2. The minimum atomic E-state index is 0.393. The van der Waals surface area contributed by atoms with E-state index in [-0.39, 0.29) is 0 Å². The zero-order chi connectivity index (χ0) is 14.4. The van der Waals surface area contributed by atoms with Crippen LogP contribution in [0.2, 0.25) is 5.02 Å². The molecule has 0 aliphatic heterocycles. The van der Waals surface area contributed by atoms with Crippen molar-refractivity contribution < 1.29 is 14.7 Å². The maximum Gasteiger partial charge on any atom is 0.161 e. The average molecular weight is 292 g/mol. The maximum atomic E-state index is 8.52. The van der Waals surface area contributed by atoms with Gasteiger partial charge in [-0.15, -0.1) is 0 Å². The monoisotopic (exact) mass is 291 g/mol. The molecule has 0 aliphatic carbocycles. The zero-order valence-corrected chi connectivity index (χ0v) is 11.7. The summed E-state index contributed by atoms with van der Waals surface area (Å²) in [7, 11) is 1.56. The van der Waals surface area contributed by atoms with Crippen molar-refractivity contribution in [3.63, 3.8) is 0 Å². The molecule has 0 spiro atoms. The number of ether oxygens (including phenoxy) is 2. The molecule has 1 N–H and O–H groups in total. The van der Waals surface area contributed by atoms with Crippen LogP contribution >= 0.6 is 11.6 Å². The average Bonchev–Trinajstić information content (AvgIpc) is 2.46. The maximum absolute atomic E-state index is 8.52. The Balaban J connectivity index is 2.13. The fraction of sp³-hybridized carbons (Fsp3) is 0.133. The third kappa shape index (κ3) is 3.65. The lowest BCUT2D eigenvalue weighted by Gasteiger charge is -2.11. The van der Waals surface area contributed by atoms with Crippen molar-refractivity contribution >= 4 is 17.8 Å². The molecule has 0 heterocycles. The number of nitrogens with zero attached hydrogens (tertiary/aromatic N) is 1. The number of benzene rings is 2. The van der Waals surface area contributed by atoms with Crippen molar-refractivity contribution in [3.05, 3.63) is 58.6 Å². The molecule has 0 aliphatic rings. The third-order valence-electron chi connectivity index (χ3n) is 2.68. The van der Waals surface area contributed by atoms with Gasteiger partial charge in [0, 0.05) is 10.6 Å². The van der Waals surface area contributed by atoms with Crippen LogP contribution < -0.4 is 9.47 Å². The van der Waals surface area contributed by atoms with Crippen LogP contribution in [0.3, 0.4) is 0 Å². The molecule has 0 radical (unpaired) electrons.